The standard InChI is InChI=1S/C24H26N8O3S/c1-3-17-5-4-15(11-25-17)21-28-19-10-18(36-20(19)22(29-21)32-6-8-35-9-7-32)14-31(2)24-26-12-16(13-27-24)23(33)30-34/h4-5,10-13,34H,3,6-9,14H2,1-2H3,(H,30,33). The summed E-state index contributed by atoms with van der Waals surface area (Å²) in [6, 6.07) is 6.11. The summed E-state index contributed by atoms with van der Waals surface area (Å²) in [7, 11) is 1.88. The SMILES string of the molecule is CCc1ccc(-c2nc(N3CCOCC3)c3sc(CN(C)c4ncc(C(=O)NO)cn4)cc3n2)cn1. The van der Waals surface area contributed by atoms with Crippen molar-refractivity contribution in [1.82, 2.24) is 30.4 Å². The van der Waals surface area contributed by atoms with Crippen molar-refractivity contribution in [2.45, 2.75) is 19.9 Å². The van der Waals surface area contributed by atoms with Gasteiger partial charge in [0, 0.05) is 54.9 Å². The molecule has 5 rings (SSSR count). The zero-order valence-electron chi connectivity index (χ0n) is 20.0. The van der Waals surface area contributed by atoms with Crippen molar-refractivity contribution in [1.29, 1.82) is 0 Å². The van der Waals surface area contributed by atoms with E-state index in [0.717, 1.165) is 51.7 Å². The molecule has 0 spiro atoms. The first-order chi connectivity index (χ1) is 17.6. The van der Waals surface area contributed by atoms with Crippen LogP contribution < -0.4 is 15.3 Å². The quantitative estimate of drug-likeness (QED) is 0.285. The van der Waals surface area contributed by atoms with E-state index in [2.05, 4.69) is 32.8 Å². The van der Waals surface area contributed by atoms with Gasteiger partial charge in [-0.1, -0.05) is 6.92 Å². The van der Waals surface area contributed by atoms with E-state index in [1.54, 1.807) is 16.8 Å². The van der Waals surface area contributed by atoms with E-state index < -0.39 is 5.91 Å². The zero-order valence-corrected chi connectivity index (χ0v) is 20.8. The second-order valence-electron chi connectivity index (χ2n) is 8.36. The number of hydrogen-bond donors (Lipinski definition) is 2. The molecule has 0 bridgehead atoms. The van der Waals surface area contributed by atoms with E-state index >= 15 is 0 Å². The molecule has 2 N–H and O–H groups in total. The number of nitrogens with zero attached hydrogens (tertiary/aromatic N) is 7. The highest BCUT2D eigenvalue weighted by atomic mass is 32.1. The molecular formula is C24H26N8O3S. The fraction of sp³-hybridized carbons (Fsp3) is 0.333. The van der Waals surface area contributed by atoms with Gasteiger partial charge in [0.05, 0.1) is 35.5 Å². The van der Waals surface area contributed by atoms with E-state index in [0.29, 0.717) is 31.5 Å². The Labute approximate surface area is 211 Å². The third-order valence-electron chi connectivity index (χ3n) is 5.90. The molecule has 0 aliphatic carbocycles. The number of amides is 1. The summed E-state index contributed by atoms with van der Waals surface area (Å²) in [4.78, 5) is 39.6. The topological polar surface area (TPSA) is 129 Å². The predicted octanol–water partition coefficient (Wildman–Crippen LogP) is 2.70. The summed E-state index contributed by atoms with van der Waals surface area (Å²) in [6.07, 6.45) is 5.47. The van der Waals surface area contributed by atoms with Crippen LogP contribution in [-0.2, 0) is 17.7 Å². The van der Waals surface area contributed by atoms with Crippen LogP contribution in [0.25, 0.3) is 21.6 Å². The van der Waals surface area contributed by atoms with Gasteiger partial charge in [0.15, 0.2) is 11.6 Å². The van der Waals surface area contributed by atoms with Gasteiger partial charge in [-0.3, -0.25) is 15.0 Å². The maximum absolute atomic E-state index is 11.5. The summed E-state index contributed by atoms with van der Waals surface area (Å²) < 4.78 is 6.59. The Hall–Kier alpha value is -3.74. The van der Waals surface area contributed by atoms with Crippen molar-refractivity contribution in [2.24, 2.45) is 0 Å². The number of hydroxylamine groups is 1. The van der Waals surface area contributed by atoms with Crippen molar-refractivity contribution in [3.05, 3.63) is 52.9 Å². The molecule has 12 heteroatoms. The number of nitrogens with one attached hydrogen (secondary N) is 1. The number of rotatable bonds is 7. The Morgan fingerprint density at radius 3 is 2.61 bits per heavy atom. The van der Waals surface area contributed by atoms with Crippen LogP contribution >= 0.6 is 11.3 Å². The molecule has 1 aliphatic rings. The van der Waals surface area contributed by atoms with Gasteiger partial charge in [0.1, 0.15) is 0 Å². The monoisotopic (exact) mass is 506 g/mol. The fourth-order valence-electron chi connectivity index (χ4n) is 3.93. The fourth-order valence-corrected chi connectivity index (χ4v) is 5.10. The van der Waals surface area contributed by atoms with Crippen LogP contribution in [0.5, 0.6) is 0 Å². The zero-order chi connectivity index (χ0) is 25.1. The number of aryl methyl sites for hydroxylation is 1. The van der Waals surface area contributed by atoms with E-state index in [1.165, 1.54) is 12.4 Å². The smallest absolute Gasteiger partial charge is 0.277 e. The van der Waals surface area contributed by atoms with Crippen LogP contribution in [0, 0.1) is 0 Å². The Bertz CT molecular complexity index is 1350. The maximum atomic E-state index is 11.5. The second kappa shape index (κ2) is 10.5. The number of ether oxygens (including phenoxy) is 1. The third-order valence-corrected chi connectivity index (χ3v) is 7.00. The Morgan fingerprint density at radius 1 is 1.17 bits per heavy atom. The number of carbonyl (C=O) groups excluding carboxylic acids is 1. The predicted molar refractivity (Wildman–Crippen MR) is 136 cm³/mol. The van der Waals surface area contributed by atoms with Crippen LogP contribution in [0.4, 0.5) is 11.8 Å². The average molecular weight is 507 g/mol. The molecule has 1 aliphatic heterocycles. The molecule has 0 atom stereocenters. The van der Waals surface area contributed by atoms with E-state index in [1.807, 2.05) is 30.3 Å². The lowest BCUT2D eigenvalue weighted by Crippen LogP contribution is -2.36. The highest BCUT2D eigenvalue weighted by molar-refractivity contribution is 7.19. The minimum absolute atomic E-state index is 0.177. The number of carbonyl (C=O) groups is 1. The summed E-state index contributed by atoms with van der Waals surface area (Å²) >= 11 is 1.64. The lowest BCUT2D eigenvalue weighted by atomic mass is 10.2. The van der Waals surface area contributed by atoms with Gasteiger partial charge < -0.3 is 14.5 Å². The second-order valence-corrected chi connectivity index (χ2v) is 9.49. The van der Waals surface area contributed by atoms with Gasteiger partial charge >= 0.3 is 0 Å². The van der Waals surface area contributed by atoms with Crippen molar-refractivity contribution in [3.8, 4) is 11.4 Å². The molecule has 5 heterocycles. The molecule has 1 amide bonds. The van der Waals surface area contributed by atoms with E-state index in [-0.39, 0.29) is 5.56 Å². The largest absolute Gasteiger partial charge is 0.378 e. The van der Waals surface area contributed by atoms with E-state index in [9.17, 15) is 4.79 Å². The van der Waals surface area contributed by atoms with Gasteiger partial charge in [-0.2, -0.15) is 0 Å². The molecule has 36 heavy (non-hydrogen) atoms. The summed E-state index contributed by atoms with van der Waals surface area (Å²) in [6.45, 7) is 5.50. The number of morpholine rings is 1. The number of fused-ring (bicyclic) bond motifs is 1. The van der Waals surface area contributed by atoms with Crippen LogP contribution in [0.2, 0.25) is 0 Å². The van der Waals surface area contributed by atoms with Gasteiger partial charge in [-0.05, 0) is 24.6 Å². The van der Waals surface area contributed by atoms with Crippen molar-refractivity contribution in [3.63, 3.8) is 0 Å². The van der Waals surface area contributed by atoms with Crippen molar-refractivity contribution in [2.75, 3.05) is 43.2 Å². The van der Waals surface area contributed by atoms with Gasteiger partial charge in [0.25, 0.3) is 5.91 Å². The highest BCUT2D eigenvalue weighted by Crippen LogP contribution is 2.35. The number of pyridine rings is 1. The normalized spacial score (nSPS) is 13.7. The van der Waals surface area contributed by atoms with Crippen LogP contribution in [-0.4, -0.2) is 69.4 Å². The number of anilines is 2. The minimum Gasteiger partial charge on any atom is -0.378 e. The first-order valence-corrected chi connectivity index (χ1v) is 12.4. The molecule has 0 aromatic carbocycles. The summed E-state index contributed by atoms with van der Waals surface area (Å²) in [5.74, 6) is 1.37. The van der Waals surface area contributed by atoms with Crippen molar-refractivity contribution >= 4 is 39.2 Å². The first-order valence-electron chi connectivity index (χ1n) is 11.6. The number of thiophene rings is 1. The minimum atomic E-state index is -0.654. The number of aromatic nitrogens is 5. The summed E-state index contributed by atoms with van der Waals surface area (Å²) in [5.41, 5.74) is 4.55. The lowest BCUT2D eigenvalue weighted by Gasteiger charge is -2.28. The molecule has 1 saturated heterocycles. The van der Waals surface area contributed by atoms with Gasteiger partial charge in [-0.15, -0.1) is 11.3 Å². The molecular weight excluding hydrogens is 480 g/mol. The maximum Gasteiger partial charge on any atom is 0.277 e. The Kier molecular flexibility index (Phi) is 6.98. The van der Waals surface area contributed by atoms with Crippen molar-refractivity contribution < 1.29 is 14.7 Å². The van der Waals surface area contributed by atoms with Crippen LogP contribution in [0.1, 0.15) is 27.9 Å². The van der Waals surface area contributed by atoms with Crippen LogP contribution in [0.15, 0.2) is 36.8 Å². The third kappa shape index (κ3) is 4.96. The molecule has 1 fully saturated rings. The lowest BCUT2D eigenvalue weighted by molar-refractivity contribution is 0.0705. The molecule has 4 aromatic heterocycles. The molecule has 0 radical (unpaired) electrons. The van der Waals surface area contributed by atoms with Gasteiger partial charge in [0.2, 0.25) is 5.95 Å². The molecule has 186 valence electrons. The Morgan fingerprint density at radius 2 is 1.94 bits per heavy atom. The molecule has 4 aromatic rings. The number of hydrogen-bond acceptors (Lipinski definition) is 11. The average Bonchev–Trinajstić information content (AvgIpc) is 3.35. The Balaban J connectivity index is 1.47. The molecule has 11 nitrogen and oxygen atoms in total. The molecule has 0 unspecified atom stereocenters. The molecule has 0 saturated carbocycles. The van der Waals surface area contributed by atoms with Crippen LogP contribution in [0.3, 0.4) is 0 Å². The van der Waals surface area contributed by atoms with Gasteiger partial charge in [-0.25, -0.2) is 25.4 Å². The highest BCUT2D eigenvalue weighted by Gasteiger charge is 2.21. The van der Waals surface area contributed by atoms with E-state index in [4.69, 9.17) is 19.9 Å². The summed E-state index contributed by atoms with van der Waals surface area (Å²) in [5, 5.41) is 8.77. The first kappa shape index (κ1) is 24.0.